The third-order valence-corrected chi connectivity index (χ3v) is 3.36. The number of aromatic nitrogens is 2. The van der Waals surface area contributed by atoms with Gasteiger partial charge >= 0.3 is 0 Å². The summed E-state index contributed by atoms with van der Waals surface area (Å²) in [6.45, 7) is 2.82. The van der Waals surface area contributed by atoms with Gasteiger partial charge in [0.25, 0.3) is 0 Å². The van der Waals surface area contributed by atoms with Crippen LogP contribution >= 0.6 is 0 Å². The minimum atomic E-state index is 0.293. The molecule has 1 N–H and O–H groups in total. The van der Waals surface area contributed by atoms with E-state index < -0.39 is 0 Å². The van der Waals surface area contributed by atoms with Crippen molar-refractivity contribution >= 4 is 11.6 Å². The van der Waals surface area contributed by atoms with Crippen molar-refractivity contribution in [2.45, 2.75) is 31.7 Å². The van der Waals surface area contributed by atoms with E-state index in [0.717, 1.165) is 17.5 Å². The molecule has 5 heteroatoms. The molecule has 2 rings (SSSR count). The lowest BCUT2D eigenvalue weighted by atomic mass is 10.3. The van der Waals surface area contributed by atoms with Crippen molar-refractivity contribution in [1.82, 2.24) is 9.97 Å². The van der Waals surface area contributed by atoms with Gasteiger partial charge in [0.05, 0.1) is 12.6 Å². The predicted molar refractivity (Wildman–Crippen MR) is 73.3 cm³/mol. The molecule has 0 bridgehead atoms. The van der Waals surface area contributed by atoms with E-state index >= 15 is 0 Å². The summed E-state index contributed by atoms with van der Waals surface area (Å²) in [5.74, 6) is 3.37. The van der Waals surface area contributed by atoms with Crippen LogP contribution in [0.1, 0.15) is 31.5 Å². The maximum Gasteiger partial charge on any atom is 0.136 e. The van der Waals surface area contributed by atoms with Crippen molar-refractivity contribution in [3.05, 3.63) is 11.9 Å². The molecule has 1 fully saturated rings. The zero-order valence-electron chi connectivity index (χ0n) is 11.6. The third-order valence-electron chi connectivity index (χ3n) is 3.36. The number of anilines is 2. The highest BCUT2D eigenvalue weighted by Crippen LogP contribution is 2.39. The van der Waals surface area contributed by atoms with Gasteiger partial charge in [-0.3, -0.25) is 0 Å². The Kier molecular flexibility index (Phi) is 4.01. The standard InChI is InChI=1S/C13H22N4O/c1-9(8-18-4)17(3)12-7-11(14-2)15-13(16-12)10-5-6-10/h7,9-10H,5-6,8H2,1-4H3,(H,14,15,16). The number of methoxy groups -OCH3 is 1. The van der Waals surface area contributed by atoms with E-state index in [-0.39, 0.29) is 0 Å². The summed E-state index contributed by atoms with van der Waals surface area (Å²) in [7, 11) is 5.66. The summed E-state index contributed by atoms with van der Waals surface area (Å²) < 4.78 is 5.19. The van der Waals surface area contributed by atoms with E-state index in [1.165, 1.54) is 12.8 Å². The Morgan fingerprint density at radius 3 is 2.78 bits per heavy atom. The average molecular weight is 250 g/mol. The summed E-state index contributed by atoms with van der Waals surface area (Å²) >= 11 is 0. The van der Waals surface area contributed by atoms with E-state index in [1.54, 1.807) is 7.11 Å². The van der Waals surface area contributed by atoms with Crippen LogP contribution in [0.5, 0.6) is 0 Å². The highest BCUT2D eigenvalue weighted by Gasteiger charge is 2.28. The van der Waals surface area contributed by atoms with Gasteiger partial charge < -0.3 is 15.0 Å². The SMILES string of the molecule is CNc1cc(N(C)C(C)COC)nc(C2CC2)n1. The number of hydrogen-bond acceptors (Lipinski definition) is 5. The lowest BCUT2D eigenvalue weighted by Gasteiger charge is -2.26. The lowest BCUT2D eigenvalue weighted by Crippen LogP contribution is -2.33. The van der Waals surface area contributed by atoms with Gasteiger partial charge in [0, 0.05) is 33.2 Å². The van der Waals surface area contributed by atoms with Crippen molar-refractivity contribution in [2.24, 2.45) is 0 Å². The Morgan fingerprint density at radius 2 is 2.22 bits per heavy atom. The molecule has 1 aromatic rings. The fraction of sp³-hybridized carbons (Fsp3) is 0.692. The van der Waals surface area contributed by atoms with Crippen LogP contribution < -0.4 is 10.2 Å². The molecule has 0 amide bonds. The van der Waals surface area contributed by atoms with Gasteiger partial charge in [-0.15, -0.1) is 0 Å². The number of likely N-dealkylation sites (N-methyl/N-ethyl adjacent to an activating group) is 1. The molecule has 1 aliphatic rings. The molecule has 1 atom stereocenters. The normalized spacial score (nSPS) is 16.4. The molecule has 100 valence electrons. The van der Waals surface area contributed by atoms with Gasteiger partial charge in [-0.2, -0.15) is 0 Å². The van der Waals surface area contributed by atoms with Gasteiger partial charge in [0.1, 0.15) is 17.5 Å². The Morgan fingerprint density at radius 1 is 1.50 bits per heavy atom. The average Bonchev–Trinajstić information content (AvgIpc) is 3.21. The molecule has 0 aromatic carbocycles. The third kappa shape index (κ3) is 2.90. The highest BCUT2D eigenvalue weighted by molar-refractivity contribution is 5.49. The predicted octanol–water partition coefficient (Wildman–Crippen LogP) is 1.87. The molecule has 0 spiro atoms. The van der Waals surface area contributed by atoms with Crippen LogP contribution in [0.3, 0.4) is 0 Å². The summed E-state index contributed by atoms with van der Waals surface area (Å²) in [4.78, 5) is 11.3. The van der Waals surface area contributed by atoms with Crippen molar-refractivity contribution in [3.63, 3.8) is 0 Å². The molecule has 1 aliphatic carbocycles. The van der Waals surface area contributed by atoms with E-state index in [0.29, 0.717) is 18.6 Å². The molecule has 1 unspecified atom stereocenters. The minimum absolute atomic E-state index is 0.293. The molecular formula is C13H22N4O. The van der Waals surface area contributed by atoms with E-state index in [9.17, 15) is 0 Å². The van der Waals surface area contributed by atoms with Crippen molar-refractivity contribution in [3.8, 4) is 0 Å². The number of ether oxygens (including phenoxy) is 1. The first-order valence-electron chi connectivity index (χ1n) is 6.44. The second-order valence-electron chi connectivity index (χ2n) is 4.91. The quantitative estimate of drug-likeness (QED) is 0.835. The summed E-state index contributed by atoms with van der Waals surface area (Å²) in [6.07, 6.45) is 2.42. The van der Waals surface area contributed by atoms with E-state index in [4.69, 9.17) is 4.74 Å². The van der Waals surface area contributed by atoms with Crippen LogP contribution in [0.4, 0.5) is 11.6 Å². The Balaban J connectivity index is 2.22. The Hall–Kier alpha value is -1.36. The molecule has 1 saturated carbocycles. The van der Waals surface area contributed by atoms with Crippen LogP contribution in [0.15, 0.2) is 6.07 Å². The molecule has 18 heavy (non-hydrogen) atoms. The van der Waals surface area contributed by atoms with Crippen LogP contribution in [-0.2, 0) is 4.74 Å². The second kappa shape index (κ2) is 5.52. The van der Waals surface area contributed by atoms with Crippen LogP contribution in [0, 0.1) is 0 Å². The number of rotatable bonds is 6. The second-order valence-corrected chi connectivity index (χ2v) is 4.91. The largest absolute Gasteiger partial charge is 0.383 e. The maximum atomic E-state index is 5.19. The zero-order chi connectivity index (χ0) is 13.1. The molecule has 0 aliphatic heterocycles. The van der Waals surface area contributed by atoms with Gasteiger partial charge in [-0.1, -0.05) is 0 Å². The van der Waals surface area contributed by atoms with Gasteiger partial charge in [0.15, 0.2) is 0 Å². The summed E-state index contributed by atoms with van der Waals surface area (Å²) in [6, 6.07) is 2.28. The smallest absolute Gasteiger partial charge is 0.136 e. The molecule has 0 radical (unpaired) electrons. The summed E-state index contributed by atoms with van der Waals surface area (Å²) in [5, 5.41) is 3.11. The van der Waals surface area contributed by atoms with Gasteiger partial charge in [-0.05, 0) is 19.8 Å². The fourth-order valence-corrected chi connectivity index (χ4v) is 1.86. The van der Waals surface area contributed by atoms with Crippen molar-refractivity contribution < 1.29 is 4.74 Å². The first kappa shape index (κ1) is 13.1. The van der Waals surface area contributed by atoms with E-state index in [1.807, 2.05) is 20.2 Å². The molecule has 5 nitrogen and oxygen atoms in total. The molecule has 1 heterocycles. The first-order chi connectivity index (χ1) is 8.65. The molecule has 1 aromatic heterocycles. The highest BCUT2D eigenvalue weighted by atomic mass is 16.5. The van der Waals surface area contributed by atoms with Gasteiger partial charge in [0.2, 0.25) is 0 Å². The van der Waals surface area contributed by atoms with Crippen molar-refractivity contribution in [1.29, 1.82) is 0 Å². The van der Waals surface area contributed by atoms with Crippen LogP contribution in [0.2, 0.25) is 0 Å². The Labute approximate surface area is 109 Å². The number of nitrogens with one attached hydrogen (secondary N) is 1. The molecule has 0 saturated heterocycles. The van der Waals surface area contributed by atoms with Gasteiger partial charge in [-0.25, -0.2) is 9.97 Å². The Bertz CT molecular complexity index is 406. The number of hydrogen-bond donors (Lipinski definition) is 1. The maximum absolute atomic E-state index is 5.19. The topological polar surface area (TPSA) is 50.3 Å². The van der Waals surface area contributed by atoms with Crippen molar-refractivity contribution in [2.75, 3.05) is 38.0 Å². The number of nitrogens with zero attached hydrogens (tertiary/aromatic N) is 3. The lowest BCUT2D eigenvalue weighted by molar-refractivity contribution is 0.183. The minimum Gasteiger partial charge on any atom is -0.383 e. The van der Waals surface area contributed by atoms with Crippen LogP contribution in [-0.4, -0.2) is 43.8 Å². The fourth-order valence-electron chi connectivity index (χ4n) is 1.86. The molecular weight excluding hydrogens is 228 g/mol. The summed E-state index contributed by atoms with van der Waals surface area (Å²) in [5.41, 5.74) is 0. The zero-order valence-corrected chi connectivity index (χ0v) is 11.6. The van der Waals surface area contributed by atoms with Crippen LogP contribution in [0.25, 0.3) is 0 Å². The van der Waals surface area contributed by atoms with E-state index in [2.05, 4.69) is 27.1 Å². The monoisotopic (exact) mass is 250 g/mol. The first-order valence-corrected chi connectivity index (χ1v) is 6.44.